The minimum absolute atomic E-state index is 0.0279. The number of carbonyl (C=O) groups excluding carboxylic acids is 2. The van der Waals surface area contributed by atoms with Gasteiger partial charge < -0.3 is 10.2 Å². The van der Waals surface area contributed by atoms with Crippen LogP contribution in [0, 0.1) is 13.8 Å². The van der Waals surface area contributed by atoms with Crippen molar-refractivity contribution in [3.8, 4) is 0 Å². The molecule has 0 heterocycles. The molecule has 2 amide bonds. The fraction of sp³-hybridized carbons (Fsp3) is 0.600. The Labute approximate surface area is 145 Å². The van der Waals surface area contributed by atoms with Gasteiger partial charge in [0.25, 0.3) is 0 Å². The van der Waals surface area contributed by atoms with E-state index in [9.17, 15) is 9.59 Å². The topological polar surface area (TPSA) is 49.4 Å². The van der Waals surface area contributed by atoms with E-state index >= 15 is 0 Å². The maximum Gasteiger partial charge on any atom is 0.226 e. The van der Waals surface area contributed by atoms with E-state index in [2.05, 4.69) is 11.4 Å². The van der Waals surface area contributed by atoms with Crippen LogP contribution in [0.15, 0.2) is 18.2 Å². The highest BCUT2D eigenvalue weighted by atomic mass is 16.2. The smallest absolute Gasteiger partial charge is 0.226 e. The lowest BCUT2D eigenvalue weighted by atomic mass is 10.1. The summed E-state index contributed by atoms with van der Waals surface area (Å²) in [7, 11) is 0. The molecule has 1 saturated carbocycles. The zero-order chi connectivity index (χ0) is 17.5. The van der Waals surface area contributed by atoms with E-state index in [1.807, 2.05) is 30.9 Å². The average molecular weight is 330 g/mol. The number of anilines is 1. The van der Waals surface area contributed by atoms with E-state index in [4.69, 9.17) is 0 Å². The van der Waals surface area contributed by atoms with Crippen molar-refractivity contribution in [2.75, 3.05) is 11.9 Å². The molecule has 1 aliphatic rings. The zero-order valence-electron chi connectivity index (χ0n) is 15.2. The summed E-state index contributed by atoms with van der Waals surface area (Å²) in [5.74, 6) is 0.0565. The molecule has 1 N–H and O–H groups in total. The molecule has 4 nitrogen and oxygen atoms in total. The van der Waals surface area contributed by atoms with Crippen molar-refractivity contribution in [2.45, 2.75) is 71.8 Å². The number of benzene rings is 1. The second-order valence-electron chi connectivity index (χ2n) is 7.03. The van der Waals surface area contributed by atoms with Crippen molar-refractivity contribution in [1.82, 2.24) is 4.90 Å². The van der Waals surface area contributed by atoms with Crippen molar-refractivity contribution in [3.63, 3.8) is 0 Å². The highest BCUT2D eigenvalue weighted by molar-refractivity contribution is 5.91. The van der Waals surface area contributed by atoms with Gasteiger partial charge in [0.1, 0.15) is 0 Å². The molecule has 24 heavy (non-hydrogen) atoms. The quantitative estimate of drug-likeness (QED) is 0.822. The predicted octanol–water partition coefficient (Wildman–Crippen LogP) is 4.20. The lowest BCUT2D eigenvalue weighted by Gasteiger charge is -2.30. The predicted molar refractivity (Wildman–Crippen MR) is 98.0 cm³/mol. The van der Waals surface area contributed by atoms with Crippen LogP contribution in [0.25, 0.3) is 0 Å². The molecule has 0 radical (unpaired) electrons. The normalized spacial score (nSPS) is 15.6. The Balaban J connectivity index is 1.90. The SMILES string of the molecule is CC(=O)N(CCC(=O)Nc1cc(C)cc(C)c1)C1CCCCCC1. The van der Waals surface area contributed by atoms with E-state index in [1.54, 1.807) is 6.92 Å². The molecule has 1 fully saturated rings. The van der Waals surface area contributed by atoms with Crippen LogP contribution < -0.4 is 5.32 Å². The minimum Gasteiger partial charge on any atom is -0.339 e. The van der Waals surface area contributed by atoms with Crippen LogP contribution in [0.1, 0.15) is 63.0 Å². The summed E-state index contributed by atoms with van der Waals surface area (Å²) in [6.45, 7) is 6.17. The number of nitrogens with zero attached hydrogens (tertiary/aromatic N) is 1. The second kappa shape index (κ2) is 8.86. The van der Waals surface area contributed by atoms with E-state index in [0.717, 1.165) is 29.7 Å². The molecular weight excluding hydrogens is 300 g/mol. The Morgan fingerprint density at radius 2 is 1.62 bits per heavy atom. The summed E-state index contributed by atoms with van der Waals surface area (Å²) in [4.78, 5) is 26.2. The van der Waals surface area contributed by atoms with Gasteiger partial charge in [-0.05, 0) is 49.9 Å². The van der Waals surface area contributed by atoms with Crippen LogP contribution >= 0.6 is 0 Å². The first-order valence-electron chi connectivity index (χ1n) is 9.11. The number of hydrogen-bond donors (Lipinski definition) is 1. The van der Waals surface area contributed by atoms with Crippen molar-refractivity contribution in [1.29, 1.82) is 0 Å². The van der Waals surface area contributed by atoms with Crippen LogP contribution in [0.3, 0.4) is 0 Å². The molecule has 132 valence electrons. The average Bonchev–Trinajstić information content (AvgIpc) is 2.75. The molecule has 0 bridgehead atoms. The van der Waals surface area contributed by atoms with E-state index < -0.39 is 0 Å². The molecule has 0 atom stereocenters. The van der Waals surface area contributed by atoms with Gasteiger partial charge >= 0.3 is 0 Å². The third-order valence-electron chi connectivity index (χ3n) is 4.76. The molecule has 0 saturated heterocycles. The first-order valence-corrected chi connectivity index (χ1v) is 9.11. The number of nitrogens with one attached hydrogen (secondary N) is 1. The van der Waals surface area contributed by atoms with Gasteiger partial charge in [0, 0.05) is 31.6 Å². The molecule has 0 unspecified atom stereocenters. The lowest BCUT2D eigenvalue weighted by molar-refractivity contribution is -0.131. The van der Waals surface area contributed by atoms with Crippen molar-refractivity contribution >= 4 is 17.5 Å². The van der Waals surface area contributed by atoms with Gasteiger partial charge in [-0.15, -0.1) is 0 Å². The molecule has 4 heteroatoms. The Kier molecular flexibility index (Phi) is 6.83. The highest BCUT2D eigenvalue weighted by Gasteiger charge is 2.22. The summed E-state index contributed by atoms with van der Waals surface area (Å²) in [6.07, 6.45) is 7.37. The monoisotopic (exact) mass is 330 g/mol. The number of rotatable bonds is 5. The van der Waals surface area contributed by atoms with Crippen molar-refractivity contribution in [3.05, 3.63) is 29.3 Å². The molecule has 1 aromatic carbocycles. The highest BCUT2D eigenvalue weighted by Crippen LogP contribution is 2.22. The molecule has 1 aromatic rings. The largest absolute Gasteiger partial charge is 0.339 e. The first kappa shape index (κ1) is 18.5. The number of hydrogen-bond acceptors (Lipinski definition) is 2. The first-order chi connectivity index (χ1) is 11.5. The van der Waals surface area contributed by atoms with Gasteiger partial charge in [-0.3, -0.25) is 9.59 Å². The van der Waals surface area contributed by atoms with Crippen LogP contribution in [-0.2, 0) is 9.59 Å². The van der Waals surface area contributed by atoms with Gasteiger partial charge in [-0.25, -0.2) is 0 Å². The molecular formula is C20H30N2O2. The van der Waals surface area contributed by atoms with Crippen LogP contribution in [-0.4, -0.2) is 29.3 Å². The summed E-state index contributed by atoms with van der Waals surface area (Å²) in [5.41, 5.74) is 3.10. The second-order valence-corrected chi connectivity index (χ2v) is 7.03. The lowest BCUT2D eigenvalue weighted by Crippen LogP contribution is -2.40. The Hall–Kier alpha value is -1.84. The Morgan fingerprint density at radius 3 is 2.17 bits per heavy atom. The zero-order valence-corrected chi connectivity index (χ0v) is 15.2. The maximum absolute atomic E-state index is 12.3. The fourth-order valence-corrected chi connectivity index (χ4v) is 3.66. The molecule has 0 spiro atoms. The van der Waals surface area contributed by atoms with E-state index in [-0.39, 0.29) is 11.8 Å². The van der Waals surface area contributed by atoms with Crippen molar-refractivity contribution in [2.24, 2.45) is 0 Å². The molecule has 0 aromatic heterocycles. The Bertz CT molecular complexity index is 555. The van der Waals surface area contributed by atoms with Crippen LogP contribution in [0.2, 0.25) is 0 Å². The third-order valence-corrected chi connectivity index (χ3v) is 4.76. The maximum atomic E-state index is 12.3. The number of aryl methyl sites for hydroxylation is 2. The molecule has 1 aliphatic carbocycles. The van der Waals surface area contributed by atoms with E-state index in [1.165, 1.54) is 25.7 Å². The summed E-state index contributed by atoms with van der Waals surface area (Å²) in [6, 6.07) is 6.33. The standard InChI is InChI=1S/C20H30N2O2/c1-15-12-16(2)14-18(13-15)21-20(24)10-11-22(17(3)23)19-8-6-4-5-7-9-19/h12-14,19H,4-11H2,1-3H3,(H,21,24). The number of amides is 2. The van der Waals surface area contributed by atoms with Gasteiger partial charge in [0.05, 0.1) is 0 Å². The number of carbonyl (C=O) groups is 2. The summed E-state index contributed by atoms with van der Waals surface area (Å²) >= 11 is 0. The fourth-order valence-electron chi connectivity index (χ4n) is 3.66. The molecule has 0 aliphatic heterocycles. The minimum atomic E-state index is -0.0279. The Morgan fingerprint density at radius 1 is 1.04 bits per heavy atom. The summed E-state index contributed by atoms with van der Waals surface area (Å²) < 4.78 is 0. The third kappa shape index (κ3) is 5.66. The van der Waals surface area contributed by atoms with Gasteiger partial charge in [0.15, 0.2) is 0 Å². The van der Waals surface area contributed by atoms with Crippen molar-refractivity contribution < 1.29 is 9.59 Å². The molecule has 2 rings (SSSR count). The van der Waals surface area contributed by atoms with E-state index in [0.29, 0.717) is 19.0 Å². The van der Waals surface area contributed by atoms with Crippen LogP contribution in [0.5, 0.6) is 0 Å². The van der Waals surface area contributed by atoms with Gasteiger partial charge in [-0.2, -0.15) is 0 Å². The van der Waals surface area contributed by atoms with Gasteiger partial charge in [0.2, 0.25) is 11.8 Å². The summed E-state index contributed by atoms with van der Waals surface area (Å²) in [5, 5.41) is 2.96. The van der Waals surface area contributed by atoms with Gasteiger partial charge in [-0.1, -0.05) is 31.7 Å². The van der Waals surface area contributed by atoms with Crippen LogP contribution in [0.4, 0.5) is 5.69 Å².